The molecule has 1 aromatic rings. The van der Waals surface area contributed by atoms with E-state index in [0.717, 1.165) is 32.1 Å². The molecule has 0 heterocycles. The topological polar surface area (TPSA) is 92.4 Å². The van der Waals surface area contributed by atoms with Gasteiger partial charge < -0.3 is 16.2 Å². The fraction of sp³-hybridized carbons (Fsp3) is 0.500. The number of carbonyl (C=O) groups excluding carboxylic acids is 1. The van der Waals surface area contributed by atoms with Crippen LogP contribution in [0.25, 0.3) is 0 Å². The third-order valence-electron chi connectivity index (χ3n) is 4.15. The van der Waals surface area contributed by atoms with Crippen molar-refractivity contribution in [2.24, 2.45) is 11.7 Å². The smallest absolute Gasteiger partial charge is 0.338 e. The summed E-state index contributed by atoms with van der Waals surface area (Å²) in [5.41, 5.74) is 7.21. The largest absolute Gasteiger partial charge is 0.478 e. The minimum atomic E-state index is -1.03. The van der Waals surface area contributed by atoms with Gasteiger partial charge in [-0.25, -0.2) is 4.79 Å². The van der Waals surface area contributed by atoms with Crippen LogP contribution < -0.4 is 11.1 Å². The van der Waals surface area contributed by atoms with Gasteiger partial charge in [0.25, 0.3) is 0 Å². The molecule has 1 aliphatic carbocycles. The average Bonchev–Trinajstić information content (AvgIpc) is 2.63. The Balaban J connectivity index is 2.19. The molecule has 114 valence electrons. The lowest BCUT2D eigenvalue weighted by Crippen LogP contribution is -2.38. The van der Waals surface area contributed by atoms with Crippen LogP contribution in [0.2, 0.25) is 0 Å². The summed E-state index contributed by atoms with van der Waals surface area (Å²) in [6.07, 6.45) is 4.75. The van der Waals surface area contributed by atoms with Gasteiger partial charge in [0.1, 0.15) is 0 Å². The zero-order valence-electron chi connectivity index (χ0n) is 12.3. The van der Waals surface area contributed by atoms with Crippen LogP contribution in [-0.4, -0.2) is 23.0 Å². The molecule has 1 aromatic carbocycles. The second-order valence-corrected chi connectivity index (χ2v) is 5.70. The molecule has 0 radical (unpaired) electrons. The Morgan fingerprint density at radius 3 is 2.67 bits per heavy atom. The highest BCUT2D eigenvalue weighted by Gasteiger charge is 2.28. The maximum Gasteiger partial charge on any atom is 0.338 e. The van der Waals surface area contributed by atoms with Gasteiger partial charge in [-0.05, 0) is 31.4 Å². The number of anilines is 1. The van der Waals surface area contributed by atoms with Crippen LogP contribution in [-0.2, 0) is 4.79 Å². The molecule has 5 nitrogen and oxygen atoms in total. The van der Waals surface area contributed by atoms with Gasteiger partial charge >= 0.3 is 5.97 Å². The van der Waals surface area contributed by atoms with E-state index in [1.807, 2.05) is 0 Å². The van der Waals surface area contributed by atoms with E-state index in [9.17, 15) is 14.7 Å². The van der Waals surface area contributed by atoms with E-state index in [4.69, 9.17) is 5.73 Å². The van der Waals surface area contributed by atoms with Crippen LogP contribution in [0.15, 0.2) is 18.2 Å². The molecule has 1 amide bonds. The molecular formula is C16H22N2O3. The normalized spacial score (nSPS) is 22.4. The van der Waals surface area contributed by atoms with Crippen molar-refractivity contribution in [1.29, 1.82) is 0 Å². The molecule has 2 rings (SSSR count). The Labute approximate surface area is 124 Å². The lowest BCUT2D eigenvalue weighted by Gasteiger charge is -2.21. The number of benzene rings is 1. The fourth-order valence-electron chi connectivity index (χ4n) is 2.94. The van der Waals surface area contributed by atoms with E-state index in [2.05, 4.69) is 5.32 Å². The highest BCUT2D eigenvalue weighted by Crippen LogP contribution is 2.25. The van der Waals surface area contributed by atoms with Gasteiger partial charge in [-0.3, -0.25) is 4.79 Å². The van der Waals surface area contributed by atoms with E-state index in [1.165, 1.54) is 0 Å². The summed E-state index contributed by atoms with van der Waals surface area (Å²) in [4.78, 5) is 23.8. The molecule has 0 spiro atoms. The lowest BCUT2D eigenvalue weighted by atomic mass is 9.94. The Morgan fingerprint density at radius 2 is 1.95 bits per heavy atom. The fourth-order valence-corrected chi connectivity index (χ4v) is 2.94. The summed E-state index contributed by atoms with van der Waals surface area (Å²) in [7, 11) is 0. The maximum atomic E-state index is 12.4. The first-order chi connectivity index (χ1) is 10.0. The summed E-state index contributed by atoms with van der Waals surface area (Å²) < 4.78 is 0. The van der Waals surface area contributed by atoms with Crippen molar-refractivity contribution < 1.29 is 14.7 Å². The van der Waals surface area contributed by atoms with Gasteiger partial charge in [0.2, 0.25) is 5.91 Å². The Morgan fingerprint density at radius 1 is 1.24 bits per heavy atom. The standard InChI is InChI=1S/C16H22N2O3/c1-10-6-5-9-13(14(10)16(20)21)18-15(19)11-7-3-2-4-8-12(11)17/h5-6,9,11-12H,2-4,7-8,17H2,1H3,(H,18,19)(H,20,21). The molecule has 21 heavy (non-hydrogen) atoms. The zero-order valence-corrected chi connectivity index (χ0v) is 12.3. The predicted molar refractivity (Wildman–Crippen MR) is 81.3 cm³/mol. The van der Waals surface area contributed by atoms with E-state index in [1.54, 1.807) is 25.1 Å². The number of nitrogens with one attached hydrogen (secondary N) is 1. The molecule has 0 bridgehead atoms. The highest BCUT2D eigenvalue weighted by molar-refractivity contribution is 6.02. The van der Waals surface area contributed by atoms with Crippen LogP contribution in [0.5, 0.6) is 0 Å². The number of nitrogens with two attached hydrogens (primary N) is 1. The summed E-state index contributed by atoms with van der Waals surface area (Å²) in [6, 6.07) is 4.93. The molecule has 0 aliphatic heterocycles. The molecule has 1 saturated carbocycles. The van der Waals surface area contributed by atoms with Gasteiger partial charge in [-0.15, -0.1) is 0 Å². The molecule has 2 atom stereocenters. The van der Waals surface area contributed by atoms with E-state index < -0.39 is 5.97 Å². The highest BCUT2D eigenvalue weighted by atomic mass is 16.4. The number of carbonyl (C=O) groups is 2. The molecule has 0 saturated heterocycles. The van der Waals surface area contributed by atoms with Crippen molar-refractivity contribution in [2.45, 2.75) is 45.1 Å². The third kappa shape index (κ3) is 3.61. The Bertz CT molecular complexity index is 542. The summed E-state index contributed by atoms with van der Waals surface area (Å²) in [5, 5.41) is 12.1. The third-order valence-corrected chi connectivity index (χ3v) is 4.15. The first-order valence-corrected chi connectivity index (χ1v) is 7.40. The molecule has 5 heteroatoms. The molecule has 2 unspecified atom stereocenters. The second kappa shape index (κ2) is 6.72. The van der Waals surface area contributed by atoms with Crippen molar-refractivity contribution in [1.82, 2.24) is 0 Å². The van der Waals surface area contributed by atoms with Crippen LogP contribution >= 0.6 is 0 Å². The number of rotatable bonds is 3. The van der Waals surface area contributed by atoms with Gasteiger partial charge in [0.05, 0.1) is 17.2 Å². The first kappa shape index (κ1) is 15.5. The minimum Gasteiger partial charge on any atom is -0.478 e. The monoisotopic (exact) mass is 290 g/mol. The molecule has 0 aromatic heterocycles. The van der Waals surface area contributed by atoms with Crippen LogP contribution in [0, 0.1) is 12.8 Å². The summed E-state index contributed by atoms with van der Waals surface area (Å²) in [5.74, 6) is -1.44. The van der Waals surface area contributed by atoms with Crippen molar-refractivity contribution in [3.63, 3.8) is 0 Å². The number of hydrogen-bond donors (Lipinski definition) is 3. The molecule has 1 aliphatic rings. The van der Waals surface area contributed by atoms with Crippen LogP contribution in [0.4, 0.5) is 5.69 Å². The number of carboxylic acids is 1. The molecule has 1 fully saturated rings. The second-order valence-electron chi connectivity index (χ2n) is 5.70. The van der Waals surface area contributed by atoms with Crippen molar-refractivity contribution >= 4 is 17.6 Å². The minimum absolute atomic E-state index is 0.146. The van der Waals surface area contributed by atoms with E-state index in [0.29, 0.717) is 11.3 Å². The van der Waals surface area contributed by atoms with Crippen molar-refractivity contribution in [3.8, 4) is 0 Å². The van der Waals surface area contributed by atoms with Crippen LogP contribution in [0.1, 0.15) is 48.0 Å². The van der Waals surface area contributed by atoms with Gasteiger partial charge in [0.15, 0.2) is 0 Å². The molecular weight excluding hydrogens is 268 g/mol. The van der Waals surface area contributed by atoms with Gasteiger partial charge in [-0.1, -0.05) is 31.4 Å². The number of amides is 1. The summed E-state index contributed by atoms with van der Waals surface area (Å²) in [6.45, 7) is 1.72. The maximum absolute atomic E-state index is 12.4. The van der Waals surface area contributed by atoms with E-state index >= 15 is 0 Å². The first-order valence-electron chi connectivity index (χ1n) is 7.40. The van der Waals surface area contributed by atoms with Gasteiger partial charge in [-0.2, -0.15) is 0 Å². The van der Waals surface area contributed by atoms with Crippen molar-refractivity contribution in [3.05, 3.63) is 29.3 Å². The molecule has 4 N–H and O–H groups in total. The predicted octanol–water partition coefficient (Wildman–Crippen LogP) is 2.54. The van der Waals surface area contributed by atoms with Gasteiger partial charge in [0, 0.05) is 6.04 Å². The Kier molecular flexibility index (Phi) is 4.96. The summed E-state index contributed by atoms with van der Waals surface area (Å²) >= 11 is 0. The van der Waals surface area contributed by atoms with Crippen molar-refractivity contribution in [2.75, 3.05) is 5.32 Å². The Hall–Kier alpha value is -1.88. The zero-order chi connectivity index (χ0) is 15.4. The number of aryl methyl sites for hydroxylation is 1. The lowest BCUT2D eigenvalue weighted by molar-refractivity contribution is -0.120. The number of aromatic carboxylic acids is 1. The van der Waals surface area contributed by atoms with Crippen LogP contribution in [0.3, 0.4) is 0 Å². The number of carboxylic acid groups (broad SMARTS) is 1. The quantitative estimate of drug-likeness (QED) is 0.746. The number of hydrogen-bond acceptors (Lipinski definition) is 3. The van der Waals surface area contributed by atoms with E-state index in [-0.39, 0.29) is 23.4 Å². The SMILES string of the molecule is Cc1cccc(NC(=O)C2CCCCCC2N)c1C(=O)O. The average molecular weight is 290 g/mol.